The standard InChI is InChI=1S/C19H18N2OS2/c1-3-13-8-10-14(11-9-13)16-12-24-19(20-16)21-18(22)15-6-4-5-7-17(15)23-2/h4-12H,3H2,1-2H3,(H,20,21,22). The first kappa shape index (κ1) is 16.7. The second kappa shape index (κ2) is 7.64. The van der Waals surface area contributed by atoms with E-state index < -0.39 is 0 Å². The Balaban J connectivity index is 1.77. The Kier molecular flexibility index (Phi) is 5.33. The maximum Gasteiger partial charge on any atom is 0.258 e. The minimum absolute atomic E-state index is 0.123. The van der Waals surface area contributed by atoms with Crippen LogP contribution in [0, 0.1) is 0 Å². The zero-order valence-corrected chi connectivity index (χ0v) is 15.2. The highest BCUT2D eigenvalue weighted by Gasteiger charge is 2.13. The summed E-state index contributed by atoms with van der Waals surface area (Å²) in [6.45, 7) is 2.14. The van der Waals surface area contributed by atoms with Crippen molar-refractivity contribution in [2.45, 2.75) is 18.2 Å². The zero-order valence-electron chi connectivity index (χ0n) is 13.6. The molecule has 5 heteroatoms. The fourth-order valence-corrected chi connectivity index (χ4v) is 3.68. The van der Waals surface area contributed by atoms with Crippen molar-refractivity contribution in [1.29, 1.82) is 0 Å². The average Bonchev–Trinajstić information content (AvgIpc) is 3.10. The number of nitrogens with zero attached hydrogens (tertiary/aromatic N) is 1. The van der Waals surface area contributed by atoms with Crippen LogP contribution in [0.4, 0.5) is 5.13 Å². The monoisotopic (exact) mass is 354 g/mol. The number of thiazole rings is 1. The smallest absolute Gasteiger partial charge is 0.258 e. The Morgan fingerprint density at radius 3 is 2.62 bits per heavy atom. The van der Waals surface area contributed by atoms with E-state index in [9.17, 15) is 4.79 Å². The number of rotatable bonds is 5. The molecule has 1 amide bonds. The highest BCUT2D eigenvalue weighted by Crippen LogP contribution is 2.26. The molecule has 0 radical (unpaired) electrons. The Morgan fingerprint density at radius 1 is 1.17 bits per heavy atom. The summed E-state index contributed by atoms with van der Waals surface area (Å²) in [5.41, 5.74) is 3.93. The molecule has 3 aromatic rings. The lowest BCUT2D eigenvalue weighted by Crippen LogP contribution is -2.12. The summed E-state index contributed by atoms with van der Waals surface area (Å²) in [5.74, 6) is -0.123. The van der Waals surface area contributed by atoms with Crippen LogP contribution in [-0.4, -0.2) is 17.1 Å². The van der Waals surface area contributed by atoms with E-state index in [0.717, 1.165) is 22.6 Å². The van der Waals surface area contributed by atoms with Gasteiger partial charge in [0.2, 0.25) is 0 Å². The van der Waals surface area contributed by atoms with Gasteiger partial charge in [-0.05, 0) is 30.4 Å². The predicted octanol–water partition coefficient (Wildman–Crippen LogP) is 5.35. The Bertz CT molecular complexity index is 841. The molecule has 0 fully saturated rings. The molecule has 0 unspecified atom stereocenters. The molecule has 24 heavy (non-hydrogen) atoms. The maximum absolute atomic E-state index is 12.5. The Hall–Kier alpha value is -2.11. The van der Waals surface area contributed by atoms with Gasteiger partial charge in [0.05, 0.1) is 11.3 Å². The summed E-state index contributed by atoms with van der Waals surface area (Å²) >= 11 is 3.00. The van der Waals surface area contributed by atoms with Crippen molar-refractivity contribution in [3.63, 3.8) is 0 Å². The lowest BCUT2D eigenvalue weighted by atomic mass is 10.1. The van der Waals surface area contributed by atoms with Gasteiger partial charge in [-0.1, -0.05) is 43.3 Å². The molecule has 0 bridgehead atoms. The predicted molar refractivity (Wildman–Crippen MR) is 103 cm³/mol. The third-order valence-electron chi connectivity index (χ3n) is 3.73. The lowest BCUT2D eigenvalue weighted by Gasteiger charge is -2.06. The van der Waals surface area contributed by atoms with Gasteiger partial charge in [0.25, 0.3) is 5.91 Å². The number of aromatic nitrogens is 1. The van der Waals surface area contributed by atoms with E-state index in [1.807, 2.05) is 35.9 Å². The van der Waals surface area contributed by atoms with Crippen molar-refractivity contribution in [1.82, 2.24) is 4.98 Å². The van der Waals surface area contributed by atoms with Gasteiger partial charge >= 0.3 is 0 Å². The molecule has 0 saturated carbocycles. The number of hydrogen-bond donors (Lipinski definition) is 1. The van der Waals surface area contributed by atoms with Crippen molar-refractivity contribution >= 4 is 34.1 Å². The molecule has 1 N–H and O–H groups in total. The molecule has 1 aromatic heterocycles. The van der Waals surface area contributed by atoms with Crippen LogP contribution in [-0.2, 0) is 6.42 Å². The molecule has 0 aliphatic heterocycles. The maximum atomic E-state index is 12.5. The van der Waals surface area contributed by atoms with Crippen molar-refractivity contribution in [3.8, 4) is 11.3 Å². The molecule has 0 spiro atoms. The van der Waals surface area contributed by atoms with Crippen LogP contribution >= 0.6 is 23.1 Å². The number of carbonyl (C=O) groups excluding carboxylic acids is 1. The first-order chi connectivity index (χ1) is 11.7. The minimum Gasteiger partial charge on any atom is -0.298 e. The fraction of sp³-hybridized carbons (Fsp3) is 0.158. The molecule has 122 valence electrons. The molecular weight excluding hydrogens is 336 g/mol. The van der Waals surface area contributed by atoms with Gasteiger partial charge < -0.3 is 0 Å². The van der Waals surface area contributed by atoms with Crippen molar-refractivity contribution in [2.75, 3.05) is 11.6 Å². The van der Waals surface area contributed by atoms with Crippen LogP contribution in [0.2, 0.25) is 0 Å². The average molecular weight is 355 g/mol. The number of anilines is 1. The summed E-state index contributed by atoms with van der Waals surface area (Å²) in [4.78, 5) is 18.0. The summed E-state index contributed by atoms with van der Waals surface area (Å²) < 4.78 is 0. The summed E-state index contributed by atoms with van der Waals surface area (Å²) in [6.07, 6.45) is 2.99. The second-order valence-corrected chi connectivity index (χ2v) is 6.95. The zero-order chi connectivity index (χ0) is 16.9. The second-order valence-electron chi connectivity index (χ2n) is 5.24. The first-order valence-electron chi connectivity index (χ1n) is 7.70. The lowest BCUT2D eigenvalue weighted by molar-refractivity contribution is 0.102. The highest BCUT2D eigenvalue weighted by atomic mass is 32.2. The Morgan fingerprint density at radius 2 is 1.92 bits per heavy atom. The molecule has 0 aliphatic rings. The summed E-state index contributed by atoms with van der Waals surface area (Å²) in [5, 5.41) is 5.49. The van der Waals surface area contributed by atoms with E-state index in [0.29, 0.717) is 10.7 Å². The van der Waals surface area contributed by atoms with Crippen LogP contribution in [0.15, 0.2) is 58.8 Å². The number of hydrogen-bond acceptors (Lipinski definition) is 4. The normalized spacial score (nSPS) is 10.6. The number of benzene rings is 2. The highest BCUT2D eigenvalue weighted by molar-refractivity contribution is 7.98. The quantitative estimate of drug-likeness (QED) is 0.628. The summed E-state index contributed by atoms with van der Waals surface area (Å²) in [6, 6.07) is 16.0. The number of thioether (sulfide) groups is 1. The summed E-state index contributed by atoms with van der Waals surface area (Å²) in [7, 11) is 0. The number of aryl methyl sites for hydroxylation is 1. The van der Waals surface area contributed by atoms with Crippen LogP contribution in [0.25, 0.3) is 11.3 Å². The van der Waals surface area contributed by atoms with Crippen molar-refractivity contribution < 1.29 is 4.79 Å². The van der Waals surface area contributed by atoms with E-state index in [1.165, 1.54) is 16.9 Å². The van der Waals surface area contributed by atoms with E-state index in [-0.39, 0.29) is 5.91 Å². The van der Waals surface area contributed by atoms with E-state index in [1.54, 1.807) is 11.8 Å². The van der Waals surface area contributed by atoms with E-state index in [4.69, 9.17) is 0 Å². The molecular formula is C19H18N2OS2. The van der Waals surface area contributed by atoms with Gasteiger partial charge in [-0.3, -0.25) is 10.1 Å². The molecule has 0 atom stereocenters. The third-order valence-corrected chi connectivity index (χ3v) is 5.29. The largest absolute Gasteiger partial charge is 0.298 e. The van der Waals surface area contributed by atoms with E-state index in [2.05, 4.69) is 41.5 Å². The van der Waals surface area contributed by atoms with Gasteiger partial charge in [-0.25, -0.2) is 4.98 Å². The van der Waals surface area contributed by atoms with Crippen LogP contribution < -0.4 is 5.32 Å². The van der Waals surface area contributed by atoms with Gasteiger partial charge in [0, 0.05) is 15.8 Å². The molecule has 0 saturated heterocycles. The number of nitrogens with one attached hydrogen (secondary N) is 1. The van der Waals surface area contributed by atoms with Crippen LogP contribution in [0.1, 0.15) is 22.8 Å². The van der Waals surface area contributed by atoms with Gasteiger partial charge in [0.1, 0.15) is 0 Å². The molecule has 3 rings (SSSR count). The third kappa shape index (κ3) is 3.68. The number of carbonyl (C=O) groups is 1. The van der Waals surface area contributed by atoms with Crippen molar-refractivity contribution in [2.24, 2.45) is 0 Å². The topological polar surface area (TPSA) is 42.0 Å². The van der Waals surface area contributed by atoms with Crippen molar-refractivity contribution in [3.05, 3.63) is 65.0 Å². The minimum atomic E-state index is -0.123. The van der Waals surface area contributed by atoms with Crippen LogP contribution in [0.5, 0.6) is 0 Å². The molecule has 3 nitrogen and oxygen atoms in total. The number of amides is 1. The van der Waals surface area contributed by atoms with Crippen LogP contribution in [0.3, 0.4) is 0 Å². The van der Waals surface area contributed by atoms with Gasteiger partial charge in [0.15, 0.2) is 5.13 Å². The van der Waals surface area contributed by atoms with Gasteiger partial charge in [-0.15, -0.1) is 23.1 Å². The molecule has 1 heterocycles. The molecule has 2 aromatic carbocycles. The SMILES string of the molecule is CCc1ccc(-c2csc(NC(=O)c3ccccc3SC)n2)cc1. The van der Waals surface area contributed by atoms with Gasteiger partial charge in [-0.2, -0.15) is 0 Å². The fourth-order valence-electron chi connectivity index (χ4n) is 2.37. The molecule has 0 aliphatic carbocycles. The Labute approximate surface area is 150 Å². The first-order valence-corrected chi connectivity index (χ1v) is 9.81. The van der Waals surface area contributed by atoms with E-state index >= 15 is 0 Å².